The van der Waals surface area contributed by atoms with Crippen LogP contribution in [-0.2, 0) is 20.9 Å². The van der Waals surface area contributed by atoms with E-state index in [2.05, 4.69) is 25.9 Å². The highest BCUT2D eigenvalue weighted by Gasteiger charge is 2.21. The Hall–Kier alpha value is -4.18. The fourth-order valence-corrected chi connectivity index (χ4v) is 4.84. The fourth-order valence-electron chi connectivity index (χ4n) is 4.22. The van der Waals surface area contributed by atoms with Gasteiger partial charge < -0.3 is 19.7 Å². The summed E-state index contributed by atoms with van der Waals surface area (Å²) in [4.78, 5) is 23.4. The van der Waals surface area contributed by atoms with Crippen molar-refractivity contribution in [1.29, 1.82) is 0 Å². The number of halogens is 1. The van der Waals surface area contributed by atoms with Gasteiger partial charge in [-0.3, -0.25) is 4.79 Å². The van der Waals surface area contributed by atoms with Gasteiger partial charge in [0.05, 0.1) is 11.2 Å². The first-order valence-electron chi connectivity index (χ1n) is 12.4. The van der Waals surface area contributed by atoms with E-state index < -0.39 is 21.6 Å². The van der Waals surface area contributed by atoms with Crippen molar-refractivity contribution in [3.8, 4) is 5.75 Å². The fraction of sp³-hybridized carbons (Fsp3) is 0.241. The molecule has 0 saturated carbocycles. The Balaban J connectivity index is 1.54. The van der Waals surface area contributed by atoms with E-state index >= 15 is 0 Å². The van der Waals surface area contributed by atoms with E-state index in [0.29, 0.717) is 35.7 Å². The number of carbonyl (C=O) groups excluding carboxylic acids is 1. The molecular formula is C29H32FN5O3S. The summed E-state index contributed by atoms with van der Waals surface area (Å²) in [5, 5.41) is 3.95. The first-order chi connectivity index (χ1) is 18.5. The molecule has 0 saturated heterocycles. The van der Waals surface area contributed by atoms with Gasteiger partial charge in [-0.2, -0.15) is 0 Å². The maximum atomic E-state index is 14.2. The van der Waals surface area contributed by atoms with Crippen molar-refractivity contribution in [2.45, 2.75) is 26.4 Å². The Kier molecular flexibility index (Phi) is 8.35. The lowest BCUT2D eigenvalue weighted by Gasteiger charge is -2.23. The SMILES string of the molecule is C=S(C)(=O)Nc1cc(C)c2c(Nc3ccc(F)cc3O[C@H](C)C(=O)N(C)CCc3ccccc3)ncnc2c1. The number of nitrogens with zero attached hydrogens (tertiary/aromatic N) is 3. The highest BCUT2D eigenvalue weighted by molar-refractivity contribution is 8.00. The Morgan fingerprint density at radius 2 is 1.90 bits per heavy atom. The molecule has 8 nitrogen and oxygen atoms in total. The van der Waals surface area contributed by atoms with Gasteiger partial charge in [-0.05, 0) is 61.5 Å². The van der Waals surface area contributed by atoms with Crippen LogP contribution in [-0.4, -0.2) is 56.8 Å². The lowest BCUT2D eigenvalue weighted by atomic mass is 10.1. The highest BCUT2D eigenvalue weighted by atomic mass is 32.2. The summed E-state index contributed by atoms with van der Waals surface area (Å²) in [5.74, 6) is 3.58. The molecule has 4 rings (SSSR count). The quantitative estimate of drug-likeness (QED) is 0.272. The molecule has 0 spiro atoms. The Bertz CT molecular complexity index is 1600. The molecule has 2 atom stereocenters. The summed E-state index contributed by atoms with van der Waals surface area (Å²) >= 11 is 0. The molecule has 10 heteroatoms. The number of aryl methyl sites for hydroxylation is 1. The van der Waals surface area contributed by atoms with Gasteiger partial charge in [0.1, 0.15) is 23.7 Å². The van der Waals surface area contributed by atoms with Gasteiger partial charge in [0.15, 0.2) is 6.10 Å². The number of rotatable bonds is 10. The number of fused-ring (bicyclic) bond motifs is 1. The van der Waals surface area contributed by atoms with Crippen molar-refractivity contribution < 1.29 is 18.1 Å². The van der Waals surface area contributed by atoms with Crippen LogP contribution >= 0.6 is 0 Å². The molecule has 4 aromatic rings. The van der Waals surface area contributed by atoms with E-state index in [-0.39, 0.29) is 11.7 Å². The largest absolute Gasteiger partial charge is 0.479 e. The standard InChI is InChI=1S/C29H32FN5O3S/c1-19-15-23(34-39(4,5)37)17-25-27(19)28(32-18-31-25)33-24-12-11-22(30)16-26(24)38-20(2)29(36)35(3)14-13-21-9-7-6-8-10-21/h6-12,15-18,20H,4,13-14H2,1-3,5H3,(H,34,37)(H,31,32,33)/t20-,39?/m1/s1. The molecule has 39 heavy (non-hydrogen) atoms. The Morgan fingerprint density at radius 1 is 1.15 bits per heavy atom. The second-order valence-corrected chi connectivity index (χ2v) is 11.8. The minimum Gasteiger partial charge on any atom is -0.479 e. The van der Waals surface area contributed by atoms with Crippen molar-refractivity contribution in [2.75, 3.05) is 29.9 Å². The van der Waals surface area contributed by atoms with Gasteiger partial charge in [0, 0.05) is 46.7 Å². The number of nitrogens with one attached hydrogen (secondary N) is 2. The monoisotopic (exact) mass is 549 g/mol. The molecule has 204 valence electrons. The number of hydrogen-bond donors (Lipinski definition) is 2. The molecule has 1 unspecified atom stereocenters. The van der Waals surface area contributed by atoms with Crippen LogP contribution in [0.5, 0.6) is 5.75 Å². The van der Waals surface area contributed by atoms with Crippen LogP contribution in [0.15, 0.2) is 67.0 Å². The van der Waals surface area contributed by atoms with E-state index in [4.69, 9.17) is 4.74 Å². The van der Waals surface area contributed by atoms with E-state index in [0.717, 1.165) is 16.5 Å². The van der Waals surface area contributed by atoms with Crippen LogP contribution in [0.3, 0.4) is 0 Å². The van der Waals surface area contributed by atoms with Crippen molar-refractivity contribution >= 4 is 49.6 Å². The van der Waals surface area contributed by atoms with Crippen molar-refractivity contribution in [1.82, 2.24) is 14.9 Å². The van der Waals surface area contributed by atoms with E-state index in [1.54, 1.807) is 24.9 Å². The minimum absolute atomic E-state index is 0.179. The molecule has 1 amide bonds. The van der Waals surface area contributed by atoms with Gasteiger partial charge in [0.25, 0.3) is 5.91 Å². The molecule has 3 aromatic carbocycles. The van der Waals surface area contributed by atoms with Crippen molar-refractivity contribution in [2.24, 2.45) is 0 Å². The number of ether oxygens (including phenoxy) is 1. The van der Waals surface area contributed by atoms with Crippen LogP contribution in [0.1, 0.15) is 18.1 Å². The number of carbonyl (C=O) groups is 1. The zero-order valence-electron chi connectivity index (χ0n) is 22.4. The van der Waals surface area contributed by atoms with Gasteiger partial charge in [-0.25, -0.2) is 18.6 Å². The minimum atomic E-state index is -2.47. The summed E-state index contributed by atoms with van der Waals surface area (Å²) in [6.45, 7) is 4.05. The summed E-state index contributed by atoms with van der Waals surface area (Å²) in [6.07, 6.45) is 2.78. The third kappa shape index (κ3) is 7.23. The van der Waals surface area contributed by atoms with Gasteiger partial charge in [-0.1, -0.05) is 30.3 Å². The van der Waals surface area contributed by atoms with Crippen LogP contribution < -0.4 is 14.8 Å². The van der Waals surface area contributed by atoms with Crippen LogP contribution in [0, 0.1) is 12.7 Å². The number of likely N-dealkylation sites (N-methyl/N-ethyl adjacent to an activating group) is 1. The summed E-state index contributed by atoms with van der Waals surface area (Å²) in [7, 11) is -0.743. The van der Waals surface area contributed by atoms with Crippen LogP contribution in [0.2, 0.25) is 0 Å². The number of hydrogen-bond acceptors (Lipinski definition) is 6. The number of benzene rings is 3. The third-order valence-corrected chi connectivity index (χ3v) is 6.74. The average Bonchev–Trinajstić information content (AvgIpc) is 2.87. The highest BCUT2D eigenvalue weighted by Crippen LogP contribution is 2.33. The molecular weight excluding hydrogens is 517 g/mol. The molecule has 0 bridgehead atoms. The maximum absolute atomic E-state index is 14.2. The third-order valence-electron chi connectivity index (χ3n) is 6.07. The van der Waals surface area contributed by atoms with E-state index in [1.807, 2.05) is 43.3 Å². The number of aromatic nitrogens is 2. The molecule has 0 fully saturated rings. The van der Waals surface area contributed by atoms with E-state index in [9.17, 15) is 13.4 Å². The summed E-state index contributed by atoms with van der Waals surface area (Å²) in [6, 6.07) is 17.6. The maximum Gasteiger partial charge on any atom is 0.263 e. The lowest BCUT2D eigenvalue weighted by Crippen LogP contribution is -2.39. The molecule has 1 aromatic heterocycles. The summed E-state index contributed by atoms with van der Waals surface area (Å²) < 4.78 is 35.2. The molecule has 0 aliphatic rings. The zero-order chi connectivity index (χ0) is 28.2. The Morgan fingerprint density at radius 3 is 2.62 bits per heavy atom. The Labute approximate surface area is 228 Å². The predicted octanol–water partition coefficient (Wildman–Crippen LogP) is 4.96. The second-order valence-electron chi connectivity index (χ2n) is 9.54. The normalized spacial score (nSPS) is 13.4. The molecule has 2 N–H and O–H groups in total. The summed E-state index contributed by atoms with van der Waals surface area (Å²) in [5.41, 5.74) is 3.65. The molecule has 0 radical (unpaired) electrons. The first-order valence-corrected chi connectivity index (χ1v) is 14.5. The lowest BCUT2D eigenvalue weighted by molar-refractivity contribution is -0.136. The average molecular weight is 550 g/mol. The van der Waals surface area contributed by atoms with Crippen LogP contribution in [0.25, 0.3) is 10.9 Å². The molecule has 0 aliphatic heterocycles. The molecule has 1 heterocycles. The second kappa shape index (κ2) is 11.7. The predicted molar refractivity (Wildman–Crippen MR) is 157 cm³/mol. The number of amides is 1. The van der Waals surface area contributed by atoms with Crippen molar-refractivity contribution in [3.63, 3.8) is 0 Å². The van der Waals surface area contributed by atoms with E-state index in [1.165, 1.54) is 30.8 Å². The smallest absolute Gasteiger partial charge is 0.263 e. The van der Waals surface area contributed by atoms with Crippen LogP contribution in [0.4, 0.5) is 21.6 Å². The first kappa shape index (κ1) is 27.8. The zero-order valence-corrected chi connectivity index (χ0v) is 23.2. The molecule has 0 aliphatic carbocycles. The number of anilines is 3. The van der Waals surface area contributed by atoms with Gasteiger partial charge >= 0.3 is 0 Å². The van der Waals surface area contributed by atoms with Gasteiger partial charge in [0.2, 0.25) is 0 Å². The topological polar surface area (TPSA) is 96.5 Å². The van der Waals surface area contributed by atoms with Gasteiger partial charge in [-0.15, -0.1) is 0 Å². The van der Waals surface area contributed by atoms with Crippen molar-refractivity contribution in [3.05, 3.63) is 83.9 Å².